The molecule has 39 heavy (non-hydrogen) atoms. The summed E-state index contributed by atoms with van der Waals surface area (Å²) in [6.45, 7) is 0. The summed E-state index contributed by atoms with van der Waals surface area (Å²) < 4.78 is 11.1. The zero-order valence-electron chi connectivity index (χ0n) is 20.9. The first-order valence-corrected chi connectivity index (χ1v) is 14.0. The summed E-state index contributed by atoms with van der Waals surface area (Å²) in [5, 5.41) is 7.50. The summed E-state index contributed by atoms with van der Waals surface area (Å²) in [6, 6.07) is 45.8. The second kappa shape index (κ2) is 7.83. The van der Waals surface area contributed by atoms with E-state index in [9.17, 15) is 0 Å². The number of thiophene rings is 1. The average Bonchev–Trinajstić information content (AvgIpc) is 3.66. The van der Waals surface area contributed by atoms with Crippen molar-refractivity contribution in [2.75, 3.05) is 0 Å². The lowest BCUT2D eigenvalue weighted by Gasteiger charge is -2.09. The molecule has 0 aliphatic carbocycles. The van der Waals surface area contributed by atoms with Gasteiger partial charge in [0.2, 0.25) is 0 Å². The minimum atomic E-state index is 0.929. The molecule has 182 valence electrons. The van der Waals surface area contributed by atoms with Gasteiger partial charge in [-0.05, 0) is 53.6 Å². The van der Waals surface area contributed by atoms with Crippen molar-refractivity contribution in [3.05, 3.63) is 127 Å². The Labute approximate surface area is 227 Å². The molecule has 0 N–H and O–H groups in total. The maximum absolute atomic E-state index is 6.06. The van der Waals surface area contributed by atoms with E-state index >= 15 is 0 Å². The van der Waals surface area contributed by atoms with Gasteiger partial charge in [-0.15, -0.1) is 11.3 Å². The topological polar surface area (TPSA) is 18.1 Å². The molecule has 6 aromatic carbocycles. The molecule has 0 bridgehead atoms. The summed E-state index contributed by atoms with van der Waals surface area (Å²) in [7, 11) is 0. The maximum Gasteiger partial charge on any atom is 0.135 e. The predicted molar refractivity (Wildman–Crippen MR) is 166 cm³/mol. The van der Waals surface area contributed by atoms with E-state index in [1.54, 1.807) is 0 Å². The van der Waals surface area contributed by atoms with Gasteiger partial charge in [0, 0.05) is 37.0 Å². The smallest absolute Gasteiger partial charge is 0.135 e. The van der Waals surface area contributed by atoms with Crippen molar-refractivity contribution in [3.63, 3.8) is 0 Å². The molecule has 0 spiro atoms. The highest BCUT2D eigenvalue weighted by molar-refractivity contribution is 7.26. The van der Waals surface area contributed by atoms with Crippen molar-refractivity contribution in [2.45, 2.75) is 0 Å². The molecule has 3 heteroatoms. The molecule has 0 unspecified atom stereocenters. The second-order valence-electron chi connectivity index (χ2n) is 10.1. The standard InChI is InChI=1S/C36H21NOS/c1-4-12-30-24(8-1)25-9-2-5-13-31(25)37(30)32-14-7-11-28-27-18-16-23(21-35(27)39-36(28)32)22-17-19-34-29(20-22)26-10-3-6-15-33(26)38-34/h1-21H. The van der Waals surface area contributed by atoms with Crippen LogP contribution < -0.4 is 0 Å². The number of aromatic nitrogens is 1. The summed E-state index contributed by atoms with van der Waals surface area (Å²) >= 11 is 1.88. The molecule has 3 heterocycles. The summed E-state index contributed by atoms with van der Waals surface area (Å²) in [4.78, 5) is 0. The van der Waals surface area contributed by atoms with Crippen LogP contribution in [-0.4, -0.2) is 4.57 Å². The number of benzene rings is 6. The van der Waals surface area contributed by atoms with Gasteiger partial charge in [0.05, 0.1) is 21.4 Å². The van der Waals surface area contributed by atoms with Crippen LogP contribution in [0, 0.1) is 0 Å². The Bertz CT molecular complexity index is 2350. The first-order chi connectivity index (χ1) is 19.3. The SMILES string of the molecule is c1ccc2c(c1)oc1ccc(-c3ccc4c(c3)sc3c(-n5c6ccccc6c6ccccc65)cccc34)cc12. The van der Waals surface area contributed by atoms with Gasteiger partial charge in [-0.25, -0.2) is 0 Å². The third-order valence-electron chi connectivity index (χ3n) is 8.01. The number of hydrogen-bond acceptors (Lipinski definition) is 2. The lowest BCUT2D eigenvalue weighted by atomic mass is 10.0. The van der Waals surface area contributed by atoms with Crippen molar-refractivity contribution in [3.8, 4) is 16.8 Å². The fourth-order valence-corrected chi connectivity index (χ4v) is 7.47. The van der Waals surface area contributed by atoms with Gasteiger partial charge >= 0.3 is 0 Å². The molecule has 9 rings (SSSR count). The van der Waals surface area contributed by atoms with E-state index in [4.69, 9.17) is 4.42 Å². The Morgan fingerprint density at radius 3 is 1.92 bits per heavy atom. The van der Waals surface area contributed by atoms with Gasteiger partial charge in [0.1, 0.15) is 11.2 Å². The van der Waals surface area contributed by atoms with Crippen molar-refractivity contribution in [1.29, 1.82) is 0 Å². The van der Waals surface area contributed by atoms with E-state index in [-0.39, 0.29) is 0 Å². The summed E-state index contributed by atoms with van der Waals surface area (Å²) in [6.07, 6.45) is 0. The summed E-state index contributed by atoms with van der Waals surface area (Å²) in [5.41, 5.74) is 8.01. The Morgan fingerprint density at radius 2 is 1.10 bits per heavy atom. The minimum Gasteiger partial charge on any atom is -0.456 e. The van der Waals surface area contributed by atoms with Crippen LogP contribution in [0.3, 0.4) is 0 Å². The van der Waals surface area contributed by atoms with Crippen LogP contribution in [0.4, 0.5) is 0 Å². The van der Waals surface area contributed by atoms with Crippen LogP contribution >= 0.6 is 11.3 Å². The molecule has 0 atom stereocenters. The van der Waals surface area contributed by atoms with E-state index in [0.29, 0.717) is 0 Å². The third kappa shape index (κ3) is 2.96. The molecule has 0 fully saturated rings. The van der Waals surface area contributed by atoms with Gasteiger partial charge in [-0.1, -0.05) is 84.9 Å². The highest BCUT2D eigenvalue weighted by Crippen LogP contribution is 2.42. The van der Waals surface area contributed by atoms with Crippen LogP contribution in [0.1, 0.15) is 0 Å². The van der Waals surface area contributed by atoms with Crippen LogP contribution in [0.15, 0.2) is 132 Å². The molecule has 0 aliphatic rings. The van der Waals surface area contributed by atoms with Gasteiger partial charge in [0.15, 0.2) is 0 Å². The van der Waals surface area contributed by atoms with Crippen LogP contribution in [0.25, 0.3) is 80.7 Å². The third-order valence-corrected chi connectivity index (χ3v) is 9.20. The number of furan rings is 1. The predicted octanol–water partition coefficient (Wildman–Crippen LogP) is 10.7. The molecule has 0 saturated carbocycles. The van der Waals surface area contributed by atoms with Gasteiger partial charge in [-0.2, -0.15) is 0 Å². The molecule has 0 aliphatic heterocycles. The lowest BCUT2D eigenvalue weighted by Crippen LogP contribution is -1.93. The lowest BCUT2D eigenvalue weighted by molar-refractivity contribution is 0.669. The van der Waals surface area contributed by atoms with E-state index in [1.165, 1.54) is 58.8 Å². The van der Waals surface area contributed by atoms with E-state index in [0.717, 1.165) is 21.9 Å². The van der Waals surface area contributed by atoms with Crippen molar-refractivity contribution in [1.82, 2.24) is 4.57 Å². The average molecular weight is 516 g/mol. The number of hydrogen-bond donors (Lipinski definition) is 0. The molecule has 0 radical (unpaired) electrons. The minimum absolute atomic E-state index is 0.929. The fraction of sp³-hybridized carbons (Fsp3) is 0. The molecule has 3 aromatic heterocycles. The monoisotopic (exact) mass is 515 g/mol. The first kappa shape index (κ1) is 21.1. The fourth-order valence-electron chi connectivity index (χ4n) is 6.23. The molecule has 9 aromatic rings. The zero-order chi connectivity index (χ0) is 25.5. The zero-order valence-corrected chi connectivity index (χ0v) is 21.7. The molecular formula is C36H21NOS. The Hall–Kier alpha value is -4.86. The van der Waals surface area contributed by atoms with E-state index in [2.05, 4.69) is 120 Å². The number of rotatable bonds is 2. The Morgan fingerprint density at radius 1 is 0.462 bits per heavy atom. The van der Waals surface area contributed by atoms with Crippen LogP contribution in [0.2, 0.25) is 0 Å². The van der Waals surface area contributed by atoms with Crippen molar-refractivity contribution >= 4 is 75.3 Å². The van der Waals surface area contributed by atoms with Gasteiger partial charge in [-0.3, -0.25) is 0 Å². The largest absolute Gasteiger partial charge is 0.456 e. The summed E-state index contributed by atoms with van der Waals surface area (Å²) in [5.74, 6) is 0. The molecule has 0 saturated heterocycles. The number of para-hydroxylation sites is 3. The number of nitrogens with zero attached hydrogens (tertiary/aromatic N) is 1. The second-order valence-corrected chi connectivity index (χ2v) is 11.2. The van der Waals surface area contributed by atoms with E-state index < -0.39 is 0 Å². The Kier molecular flexibility index (Phi) is 4.24. The first-order valence-electron chi connectivity index (χ1n) is 13.2. The highest BCUT2D eigenvalue weighted by Gasteiger charge is 2.16. The molecule has 2 nitrogen and oxygen atoms in total. The molecule has 0 amide bonds. The number of fused-ring (bicyclic) bond motifs is 9. The van der Waals surface area contributed by atoms with Crippen LogP contribution in [-0.2, 0) is 0 Å². The van der Waals surface area contributed by atoms with E-state index in [1.807, 2.05) is 23.5 Å². The molecular weight excluding hydrogens is 494 g/mol. The normalized spacial score (nSPS) is 12.1. The quantitative estimate of drug-likeness (QED) is 0.224. The van der Waals surface area contributed by atoms with Crippen molar-refractivity contribution < 1.29 is 4.42 Å². The van der Waals surface area contributed by atoms with Gasteiger partial charge in [0.25, 0.3) is 0 Å². The van der Waals surface area contributed by atoms with Crippen LogP contribution in [0.5, 0.6) is 0 Å². The Balaban J connectivity index is 1.27. The van der Waals surface area contributed by atoms with Gasteiger partial charge < -0.3 is 8.98 Å². The van der Waals surface area contributed by atoms with Crippen molar-refractivity contribution in [2.24, 2.45) is 0 Å². The highest BCUT2D eigenvalue weighted by atomic mass is 32.1. The maximum atomic E-state index is 6.06.